The average molecular weight is 299 g/mol. The predicted molar refractivity (Wildman–Crippen MR) is 86.3 cm³/mol. The summed E-state index contributed by atoms with van der Waals surface area (Å²) in [5.41, 5.74) is 1.22. The van der Waals surface area contributed by atoms with Gasteiger partial charge in [-0.25, -0.2) is 0 Å². The summed E-state index contributed by atoms with van der Waals surface area (Å²) < 4.78 is 10.8. The third-order valence-electron chi connectivity index (χ3n) is 3.23. The van der Waals surface area contributed by atoms with E-state index in [1.807, 2.05) is 42.5 Å². The van der Waals surface area contributed by atoms with Gasteiger partial charge in [0.1, 0.15) is 0 Å². The smallest absolute Gasteiger partial charge is 0.223 e. The van der Waals surface area contributed by atoms with E-state index in [9.17, 15) is 4.79 Å². The van der Waals surface area contributed by atoms with Gasteiger partial charge in [0, 0.05) is 6.54 Å². The molecule has 0 saturated carbocycles. The average Bonchev–Trinajstić information content (AvgIpc) is 2.56. The number of carbonyl (C=O) groups is 1. The van der Waals surface area contributed by atoms with Gasteiger partial charge in [-0.05, 0) is 24.1 Å². The van der Waals surface area contributed by atoms with Crippen molar-refractivity contribution in [2.75, 3.05) is 20.3 Å². The molecule has 0 heterocycles. The summed E-state index contributed by atoms with van der Waals surface area (Å²) in [5, 5.41) is 2.90. The van der Waals surface area contributed by atoms with Crippen molar-refractivity contribution in [1.29, 1.82) is 0 Å². The molecule has 4 heteroatoms. The third kappa shape index (κ3) is 5.13. The van der Waals surface area contributed by atoms with Gasteiger partial charge in [-0.3, -0.25) is 4.79 Å². The molecule has 4 nitrogen and oxygen atoms in total. The fourth-order valence-corrected chi connectivity index (χ4v) is 2.07. The summed E-state index contributed by atoms with van der Waals surface area (Å²) >= 11 is 0. The van der Waals surface area contributed by atoms with Crippen molar-refractivity contribution in [2.24, 2.45) is 0 Å². The van der Waals surface area contributed by atoms with Crippen LogP contribution in [0.4, 0.5) is 0 Å². The second-order valence-corrected chi connectivity index (χ2v) is 4.83. The Balaban J connectivity index is 1.65. The first-order chi connectivity index (χ1) is 10.8. The fourth-order valence-electron chi connectivity index (χ4n) is 2.07. The number of benzene rings is 2. The number of methoxy groups -OCH3 is 1. The zero-order chi connectivity index (χ0) is 15.6. The van der Waals surface area contributed by atoms with Crippen LogP contribution in [0.1, 0.15) is 12.0 Å². The van der Waals surface area contributed by atoms with Gasteiger partial charge in [-0.2, -0.15) is 0 Å². The lowest BCUT2D eigenvalue weighted by Gasteiger charge is -2.10. The van der Waals surface area contributed by atoms with Crippen molar-refractivity contribution in [2.45, 2.75) is 12.8 Å². The van der Waals surface area contributed by atoms with Crippen molar-refractivity contribution in [3.05, 3.63) is 60.2 Å². The van der Waals surface area contributed by atoms with Crippen molar-refractivity contribution in [3.63, 3.8) is 0 Å². The number of hydrogen-bond donors (Lipinski definition) is 1. The van der Waals surface area contributed by atoms with E-state index < -0.39 is 0 Å². The van der Waals surface area contributed by atoms with Crippen LogP contribution in [0.5, 0.6) is 11.5 Å². The van der Waals surface area contributed by atoms with Crippen LogP contribution >= 0.6 is 0 Å². The summed E-state index contributed by atoms with van der Waals surface area (Å²) in [7, 11) is 1.60. The number of amides is 1. The molecule has 1 N–H and O–H groups in total. The molecule has 0 aliphatic rings. The first-order valence-electron chi connectivity index (χ1n) is 7.36. The van der Waals surface area contributed by atoms with E-state index in [2.05, 4.69) is 17.4 Å². The van der Waals surface area contributed by atoms with Gasteiger partial charge < -0.3 is 14.8 Å². The fraction of sp³-hybridized carbons (Fsp3) is 0.278. The van der Waals surface area contributed by atoms with E-state index >= 15 is 0 Å². The number of para-hydroxylation sites is 2. The quantitative estimate of drug-likeness (QED) is 0.815. The lowest BCUT2D eigenvalue weighted by molar-refractivity contribution is -0.121. The van der Waals surface area contributed by atoms with E-state index in [1.54, 1.807) is 7.11 Å². The van der Waals surface area contributed by atoms with Crippen LogP contribution in [0.3, 0.4) is 0 Å². The molecule has 0 aromatic heterocycles. The van der Waals surface area contributed by atoms with Crippen LogP contribution in [0.25, 0.3) is 0 Å². The zero-order valence-corrected chi connectivity index (χ0v) is 12.7. The molecule has 0 aliphatic heterocycles. The lowest BCUT2D eigenvalue weighted by atomic mass is 10.1. The Bertz CT molecular complexity index is 584. The van der Waals surface area contributed by atoms with Crippen molar-refractivity contribution in [1.82, 2.24) is 5.32 Å². The molecule has 0 unspecified atom stereocenters. The molecule has 1 amide bonds. The summed E-state index contributed by atoms with van der Waals surface area (Å²) in [4.78, 5) is 11.8. The van der Waals surface area contributed by atoms with E-state index in [1.165, 1.54) is 5.56 Å². The molecule has 0 saturated heterocycles. The maximum atomic E-state index is 11.8. The van der Waals surface area contributed by atoms with E-state index in [0.717, 1.165) is 6.42 Å². The van der Waals surface area contributed by atoms with Crippen LogP contribution in [0, 0.1) is 0 Å². The minimum atomic E-state index is -0.00849. The zero-order valence-electron chi connectivity index (χ0n) is 12.7. The third-order valence-corrected chi connectivity index (χ3v) is 3.23. The Morgan fingerprint density at radius 1 is 1.00 bits per heavy atom. The molecular weight excluding hydrogens is 278 g/mol. The van der Waals surface area contributed by atoms with Crippen molar-refractivity contribution >= 4 is 5.91 Å². The normalized spacial score (nSPS) is 10.0. The van der Waals surface area contributed by atoms with E-state index in [0.29, 0.717) is 31.1 Å². The standard InChI is InChI=1S/C18H21NO3/c1-21-16-9-5-6-10-17(16)22-14-12-18(20)19-13-11-15-7-3-2-4-8-15/h2-10H,11-14H2,1H3,(H,19,20). The largest absolute Gasteiger partial charge is 0.493 e. The Hall–Kier alpha value is -2.49. The number of nitrogens with one attached hydrogen (secondary N) is 1. The molecule has 0 fully saturated rings. The van der Waals surface area contributed by atoms with E-state index in [4.69, 9.17) is 9.47 Å². The highest BCUT2D eigenvalue weighted by atomic mass is 16.5. The van der Waals surface area contributed by atoms with Gasteiger partial charge in [-0.1, -0.05) is 42.5 Å². The molecular formula is C18H21NO3. The summed E-state index contributed by atoms with van der Waals surface area (Å²) in [6, 6.07) is 17.5. The minimum Gasteiger partial charge on any atom is -0.493 e. The first-order valence-corrected chi connectivity index (χ1v) is 7.36. The Kier molecular flexibility index (Phi) is 6.30. The molecule has 22 heavy (non-hydrogen) atoms. The Morgan fingerprint density at radius 2 is 1.68 bits per heavy atom. The topological polar surface area (TPSA) is 47.6 Å². The molecule has 2 aromatic carbocycles. The summed E-state index contributed by atoms with van der Waals surface area (Å²) in [5.74, 6) is 1.32. The second-order valence-electron chi connectivity index (χ2n) is 4.83. The molecule has 0 aliphatic carbocycles. The van der Waals surface area contributed by atoms with Crippen LogP contribution in [-0.2, 0) is 11.2 Å². The highest BCUT2D eigenvalue weighted by molar-refractivity contribution is 5.76. The molecule has 2 rings (SSSR count). The van der Waals surface area contributed by atoms with Crippen LogP contribution < -0.4 is 14.8 Å². The van der Waals surface area contributed by atoms with Crippen LogP contribution in [0.15, 0.2) is 54.6 Å². The van der Waals surface area contributed by atoms with Gasteiger partial charge in [0.2, 0.25) is 5.91 Å². The Labute approximate surface area is 131 Å². The predicted octanol–water partition coefficient (Wildman–Crippen LogP) is 2.82. The maximum Gasteiger partial charge on any atom is 0.223 e. The second kappa shape index (κ2) is 8.72. The van der Waals surface area contributed by atoms with Crippen molar-refractivity contribution < 1.29 is 14.3 Å². The molecule has 0 spiro atoms. The number of hydrogen-bond acceptors (Lipinski definition) is 3. The van der Waals surface area contributed by atoms with Crippen molar-refractivity contribution in [3.8, 4) is 11.5 Å². The highest BCUT2D eigenvalue weighted by Crippen LogP contribution is 2.25. The Morgan fingerprint density at radius 3 is 2.41 bits per heavy atom. The summed E-state index contributed by atoms with van der Waals surface area (Å²) in [6.07, 6.45) is 1.16. The monoisotopic (exact) mass is 299 g/mol. The van der Waals surface area contributed by atoms with Crippen LogP contribution in [0.2, 0.25) is 0 Å². The van der Waals surface area contributed by atoms with Gasteiger partial charge in [0.15, 0.2) is 11.5 Å². The van der Waals surface area contributed by atoms with Gasteiger partial charge in [0.25, 0.3) is 0 Å². The first kappa shape index (κ1) is 15.9. The number of carbonyl (C=O) groups excluding carboxylic acids is 1. The maximum absolute atomic E-state index is 11.8. The summed E-state index contributed by atoms with van der Waals surface area (Å²) in [6.45, 7) is 0.967. The molecule has 0 atom stereocenters. The van der Waals surface area contributed by atoms with Crippen LogP contribution in [-0.4, -0.2) is 26.2 Å². The minimum absolute atomic E-state index is 0.00849. The highest BCUT2D eigenvalue weighted by Gasteiger charge is 2.05. The molecule has 116 valence electrons. The molecule has 2 aromatic rings. The number of rotatable bonds is 8. The molecule has 0 radical (unpaired) electrons. The SMILES string of the molecule is COc1ccccc1OCCC(=O)NCCc1ccccc1. The lowest BCUT2D eigenvalue weighted by Crippen LogP contribution is -2.27. The number of ether oxygens (including phenoxy) is 2. The molecule has 0 bridgehead atoms. The van der Waals surface area contributed by atoms with Gasteiger partial charge in [-0.15, -0.1) is 0 Å². The van der Waals surface area contributed by atoms with E-state index in [-0.39, 0.29) is 5.91 Å². The van der Waals surface area contributed by atoms with Gasteiger partial charge in [0.05, 0.1) is 20.1 Å². The van der Waals surface area contributed by atoms with Gasteiger partial charge >= 0.3 is 0 Å².